The molecule has 0 aliphatic carbocycles. The van der Waals surface area contributed by atoms with Gasteiger partial charge in [-0.05, 0) is 38.0 Å². The van der Waals surface area contributed by atoms with Gasteiger partial charge in [-0.2, -0.15) is 0 Å². The van der Waals surface area contributed by atoms with Gasteiger partial charge < -0.3 is 15.4 Å². The van der Waals surface area contributed by atoms with Crippen LogP contribution in [0, 0.1) is 0 Å². The summed E-state index contributed by atoms with van der Waals surface area (Å²) in [5.41, 5.74) is 8.45. The van der Waals surface area contributed by atoms with Crippen molar-refractivity contribution >= 4 is 22.5 Å². The van der Waals surface area contributed by atoms with Crippen LogP contribution in [0.2, 0.25) is 0 Å². The minimum absolute atomic E-state index is 0.243. The van der Waals surface area contributed by atoms with Gasteiger partial charge in [-0.25, -0.2) is 9.78 Å². The summed E-state index contributed by atoms with van der Waals surface area (Å²) < 4.78 is 2.01. The molecule has 1 aromatic heterocycles. The molecule has 106 valence electrons. The summed E-state index contributed by atoms with van der Waals surface area (Å²) in [4.78, 5) is 15.1. The van der Waals surface area contributed by atoms with Gasteiger partial charge in [0.1, 0.15) is 5.94 Å². The van der Waals surface area contributed by atoms with Crippen LogP contribution in [0.3, 0.4) is 0 Å². The lowest BCUT2D eigenvalue weighted by molar-refractivity contribution is 0.350. The molecule has 0 unspecified atom stereocenters. The van der Waals surface area contributed by atoms with E-state index in [1.54, 1.807) is 18.3 Å². The van der Waals surface area contributed by atoms with E-state index >= 15 is 0 Å². The molecule has 0 atom stereocenters. The summed E-state index contributed by atoms with van der Waals surface area (Å²) in [6.07, 6.45) is 2.59. The molecule has 5 heteroatoms. The van der Waals surface area contributed by atoms with Crippen molar-refractivity contribution in [2.75, 3.05) is 6.61 Å². The van der Waals surface area contributed by atoms with E-state index in [4.69, 9.17) is 10.8 Å². The predicted octanol–water partition coefficient (Wildman–Crippen LogP) is 1.37. The highest BCUT2D eigenvalue weighted by atomic mass is 16.3. The minimum Gasteiger partial charge on any atom is -0.391 e. The lowest BCUT2D eigenvalue weighted by Gasteiger charge is -2.18. The molecule has 1 heterocycles. The molecule has 0 fully saturated rings. The Bertz CT molecular complexity index is 661. The summed E-state index contributed by atoms with van der Waals surface area (Å²) in [5.74, 6) is 1.77. The third-order valence-corrected chi connectivity index (χ3v) is 3.25. The maximum absolute atomic E-state index is 10.8. The van der Waals surface area contributed by atoms with Crippen LogP contribution in [0.1, 0.15) is 25.8 Å². The summed E-state index contributed by atoms with van der Waals surface area (Å²) >= 11 is 0. The van der Waals surface area contributed by atoms with E-state index in [2.05, 4.69) is 4.98 Å². The van der Waals surface area contributed by atoms with Gasteiger partial charge in [0, 0.05) is 12.1 Å². The van der Waals surface area contributed by atoms with Crippen LogP contribution in [-0.2, 0) is 11.3 Å². The van der Waals surface area contributed by atoms with Gasteiger partial charge >= 0.3 is 0 Å². The molecule has 0 amide bonds. The highest BCUT2D eigenvalue weighted by molar-refractivity contribution is 5.91. The lowest BCUT2D eigenvalue weighted by atomic mass is 10.0. The first-order valence-electron chi connectivity index (χ1n) is 6.53. The van der Waals surface area contributed by atoms with Gasteiger partial charge in [0.25, 0.3) is 0 Å². The Kier molecular flexibility index (Phi) is 4.04. The van der Waals surface area contributed by atoms with E-state index < -0.39 is 0 Å². The number of rotatable bonds is 5. The van der Waals surface area contributed by atoms with Crippen LogP contribution in [0.25, 0.3) is 16.6 Å². The summed E-state index contributed by atoms with van der Waals surface area (Å²) in [7, 11) is 0. The fourth-order valence-corrected chi connectivity index (χ4v) is 2.01. The Hall–Kier alpha value is -1.94. The molecule has 0 spiro atoms. The van der Waals surface area contributed by atoms with Crippen molar-refractivity contribution < 1.29 is 9.90 Å². The number of imidazole rings is 1. The maximum atomic E-state index is 10.8. The molecule has 2 rings (SSSR count). The number of fused-ring (bicyclic) bond motifs is 1. The summed E-state index contributed by atoms with van der Waals surface area (Å²) in [6.45, 7) is 4.40. The highest BCUT2D eigenvalue weighted by Gasteiger charge is 2.12. The second kappa shape index (κ2) is 5.59. The Labute approximate surface area is 117 Å². The second-order valence-electron chi connectivity index (χ2n) is 5.62. The Morgan fingerprint density at radius 1 is 1.50 bits per heavy atom. The Balaban J connectivity index is 2.37. The number of nitrogens with zero attached hydrogens (tertiary/aromatic N) is 2. The van der Waals surface area contributed by atoms with E-state index in [0.717, 1.165) is 24.0 Å². The number of hydrogen-bond donors (Lipinski definition) is 2. The fourth-order valence-electron chi connectivity index (χ4n) is 2.01. The molecule has 20 heavy (non-hydrogen) atoms. The van der Waals surface area contributed by atoms with Crippen molar-refractivity contribution in [2.45, 2.75) is 32.4 Å². The summed E-state index contributed by atoms with van der Waals surface area (Å²) in [5, 5.41) is 9.14. The van der Waals surface area contributed by atoms with Gasteiger partial charge in [-0.15, -0.1) is 0 Å². The van der Waals surface area contributed by atoms with Crippen molar-refractivity contribution in [3.8, 4) is 0 Å². The Morgan fingerprint density at radius 2 is 2.25 bits per heavy atom. The second-order valence-corrected chi connectivity index (χ2v) is 5.62. The van der Waals surface area contributed by atoms with Crippen molar-refractivity contribution in [1.29, 1.82) is 0 Å². The lowest BCUT2D eigenvalue weighted by Crippen LogP contribution is -2.33. The van der Waals surface area contributed by atoms with E-state index in [-0.39, 0.29) is 17.7 Å². The first-order valence-corrected chi connectivity index (χ1v) is 6.53. The zero-order valence-electron chi connectivity index (χ0n) is 11.8. The van der Waals surface area contributed by atoms with Crippen LogP contribution in [0.5, 0.6) is 0 Å². The zero-order chi connectivity index (χ0) is 14.8. The van der Waals surface area contributed by atoms with E-state index in [9.17, 15) is 4.79 Å². The molecule has 3 N–H and O–H groups in total. The molecular weight excluding hydrogens is 254 g/mol. The molecule has 0 saturated heterocycles. The average Bonchev–Trinajstić information content (AvgIpc) is 2.79. The number of nitrogens with two attached hydrogens (primary N) is 1. The topological polar surface area (TPSA) is 81.1 Å². The van der Waals surface area contributed by atoms with E-state index in [0.29, 0.717) is 5.56 Å². The van der Waals surface area contributed by atoms with Gasteiger partial charge in [-0.1, -0.05) is 6.07 Å². The van der Waals surface area contributed by atoms with Gasteiger partial charge in [0.05, 0.1) is 29.5 Å². The molecule has 5 nitrogen and oxygen atoms in total. The van der Waals surface area contributed by atoms with Crippen LogP contribution in [0.15, 0.2) is 24.5 Å². The quantitative estimate of drug-likeness (QED) is 0.806. The highest BCUT2D eigenvalue weighted by Crippen LogP contribution is 2.20. The molecule has 0 saturated carbocycles. The number of aromatic nitrogens is 2. The van der Waals surface area contributed by atoms with Crippen molar-refractivity contribution in [1.82, 2.24) is 9.55 Å². The Morgan fingerprint density at radius 3 is 2.85 bits per heavy atom. The van der Waals surface area contributed by atoms with E-state index in [1.807, 2.05) is 30.5 Å². The number of benzene rings is 1. The van der Waals surface area contributed by atoms with Crippen molar-refractivity contribution in [3.63, 3.8) is 0 Å². The molecular formula is C15H19N3O2. The molecule has 0 bridgehead atoms. The SMILES string of the molecule is CC(C)(N)CCn1cnc2ccc(C(=C=O)CO)cc21. The standard InChI is InChI=1S/C15H19N3O2/c1-15(2,16)5-6-18-10-17-13-4-3-11(7-14(13)18)12(8-19)9-20/h3-4,7,10,19H,5-6,8,16H2,1-2H3. The molecule has 1 aromatic carbocycles. The van der Waals surface area contributed by atoms with Crippen LogP contribution in [-0.4, -0.2) is 32.7 Å². The van der Waals surface area contributed by atoms with Crippen LogP contribution >= 0.6 is 0 Å². The third kappa shape index (κ3) is 3.14. The zero-order valence-corrected chi connectivity index (χ0v) is 11.8. The molecule has 0 aliphatic rings. The predicted molar refractivity (Wildman–Crippen MR) is 78.8 cm³/mol. The third-order valence-electron chi connectivity index (χ3n) is 3.25. The van der Waals surface area contributed by atoms with Gasteiger partial charge in [-0.3, -0.25) is 0 Å². The van der Waals surface area contributed by atoms with Crippen LogP contribution in [0.4, 0.5) is 0 Å². The number of aryl methyl sites for hydroxylation is 1. The smallest absolute Gasteiger partial charge is 0.131 e. The molecule has 2 aromatic rings. The largest absolute Gasteiger partial charge is 0.391 e. The number of carbonyl (C=O) groups excluding carboxylic acids is 1. The van der Waals surface area contributed by atoms with Gasteiger partial charge in [0.2, 0.25) is 0 Å². The monoisotopic (exact) mass is 273 g/mol. The maximum Gasteiger partial charge on any atom is 0.131 e. The number of aliphatic hydroxyl groups excluding tert-OH is 1. The van der Waals surface area contributed by atoms with Crippen molar-refractivity contribution in [2.24, 2.45) is 5.73 Å². The van der Waals surface area contributed by atoms with E-state index in [1.165, 1.54) is 0 Å². The number of aliphatic hydroxyl groups is 1. The van der Waals surface area contributed by atoms with Gasteiger partial charge in [0.15, 0.2) is 0 Å². The summed E-state index contributed by atoms with van der Waals surface area (Å²) in [6, 6.07) is 5.45. The fraction of sp³-hybridized carbons (Fsp3) is 0.400. The number of hydrogen-bond acceptors (Lipinski definition) is 4. The normalized spacial score (nSPS) is 11.6. The van der Waals surface area contributed by atoms with Crippen molar-refractivity contribution in [3.05, 3.63) is 30.1 Å². The first-order chi connectivity index (χ1) is 9.44. The first kappa shape index (κ1) is 14.5. The average molecular weight is 273 g/mol. The van der Waals surface area contributed by atoms with Crippen LogP contribution < -0.4 is 5.73 Å². The molecule has 0 radical (unpaired) electrons. The molecule has 0 aliphatic heterocycles. The minimum atomic E-state index is -0.320.